The van der Waals surface area contributed by atoms with Gasteiger partial charge in [-0.3, -0.25) is 14.7 Å². The van der Waals surface area contributed by atoms with E-state index in [9.17, 15) is 14.7 Å². The normalized spacial score (nSPS) is 13.6. The summed E-state index contributed by atoms with van der Waals surface area (Å²) in [6.07, 6.45) is 0.887. The number of benzene rings is 2. The Morgan fingerprint density at radius 1 is 1.09 bits per heavy atom. The van der Waals surface area contributed by atoms with Crippen molar-refractivity contribution >= 4 is 35.3 Å². The molecule has 1 aliphatic rings. The summed E-state index contributed by atoms with van der Waals surface area (Å²) in [6.45, 7) is 3.41. The van der Waals surface area contributed by atoms with Crippen molar-refractivity contribution in [3.8, 4) is 5.75 Å². The van der Waals surface area contributed by atoms with Crippen LogP contribution in [0.1, 0.15) is 15.9 Å². The molecular formula is C22H25N7O3. The maximum Gasteiger partial charge on any atom is 0.256 e. The number of amides is 2. The second kappa shape index (κ2) is 9.29. The Morgan fingerprint density at radius 3 is 2.41 bits per heavy atom. The van der Waals surface area contributed by atoms with Gasteiger partial charge < -0.3 is 31.3 Å². The fourth-order valence-electron chi connectivity index (χ4n) is 3.58. The van der Waals surface area contributed by atoms with Crippen LogP contribution in [0.3, 0.4) is 0 Å². The highest BCUT2D eigenvalue weighted by atomic mass is 16.3. The van der Waals surface area contributed by atoms with Crippen LogP contribution in [0.2, 0.25) is 0 Å². The Balaban J connectivity index is 1.43. The van der Waals surface area contributed by atoms with Crippen molar-refractivity contribution in [2.45, 2.75) is 6.54 Å². The number of rotatable bonds is 8. The lowest BCUT2D eigenvalue weighted by Gasteiger charge is -2.34. The Labute approximate surface area is 185 Å². The van der Waals surface area contributed by atoms with Gasteiger partial charge in [-0.05, 0) is 42.0 Å². The predicted octanol–water partition coefficient (Wildman–Crippen LogP) is 1.85. The minimum absolute atomic E-state index is 0.189. The number of hydrogen-bond acceptors (Lipinski definition) is 7. The molecule has 10 heteroatoms. The van der Waals surface area contributed by atoms with Crippen molar-refractivity contribution < 1.29 is 14.7 Å². The van der Waals surface area contributed by atoms with Crippen LogP contribution in [0.25, 0.3) is 0 Å². The number of aromatic hydroxyl groups is 1. The summed E-state index contributed by atoms with van der Waals surface area (Å²) in [6, 6.07) is 14.5. The topological polar surface area (TPSA) is 140 Å². The van der Waals surface area contributed by atoms with Crippen LogP contribution < -0.4 is 21.3 Å². The van der Waals surface area contributed by atoms with E-state index in [2.05, 4.69) is 25.7 Å². The highest BCUT2D eigenvalue weighted by molar-refractivity contribution is 6.03. The molecule has 0 atom stereocenters. The summed E-state index contributed by atoms with van der Waals surface area (Å²) in [5.74, 6) is 0.323. The SMILES string of the molecule is NC(=O)c1c(Nc2ccc(N3CCN(C=O)CC3)cc2)n[nH]c1NCc1ccc(O)cc1. The molecule has 0 spiro atoms. The molecule has 166 valence electrons. The van der Waals surface area contributed by atoms with E-state index in [1.165, 1.54) is 0 Å². The summed E-state index contributed by atoms with van der Waals surface area (Å²) in [5.41, 5.74) is 8.58. The quantitative estimate of drug-likeness (QED) is 0.340. The molecule has 2 aromatic carbocycles. The molecule has 1 aliphatic heterocycles. The van der Waals surface area contributed by atoms with E-state index in [-0.39, 0.29) is 11.3 Å². The smallest absolute Gasteiger partial charge is 0.256 e. The first kappa shape index (κ1) is 21.0. The van der Waals surface area contributed by atoms with Gasteiger partial charge in [-0.1, -0.05) is 12.1 Å². The van der Waals surface area contributed by atoms with Crippen LogP contribution in [-0.4, -0.2) is 58.7 Å². The fourth-order valence-corrected chi connectivity index (χ4v) is 3.58. The maximum absolute atomic E-state index is 12.1. The van der Waals surface area contributed by atoms with Crippen molar-refractivity contribution in [2.75, 3.05) is 41.7 Å². The van der Waals surface area contributed by atoms with Crippen molar-refractivity contribution in [3.05, 3.63) is 59.7 Å². The molecule has 2 amide bonds. The molecule has 1 saturated heterocycles. The number of nitrogens with two attached hydrogens (primary N) is 1. The molecule has 3 aromatic rings. The number of nitrogens with one attached hydrogen (secondary N) is 3. The molecule has 1 fully saturated rings. The first-order valence-electron chi connectivity index (χ1n) is 10.2. The first-order chi connectivity index (χ1) is 15.5. The number of anilines is 4. The molecule has 2 heterocycles. The van der Waals surface area contributed by atoms with Crippen LogP contribution in [0.5, 0.6) is 5.75 Å². The average molecular weight is 435 g/mol. The summed E-state index contributed by atoms with van der Waals surface area (Å²) < 4.78 is 0. The average Bonchev–Trinajstić information content (AvgIpc) is 3.22. The summed E-state index contributed by atoms with van der Waals surface area (Å²) >= 11 is 0. The standard InChI is InChI=1S/C22H25N7O3/c23-20(32)19-21(24-13-15-1-7-18(31)8-2-15)26-27-22(19)25-16-3-5-17(6-4-16)29-11-9-28(14-30)10-12-29/h1-8,14,31H,9-13H2,(H2,23,32)(H3,24,25,26,27). The van der Waals surface area contributed by atoms with Crippen LogP contribution >= 0.6 is 0 Å². The molecule has 10 nitrogen and oxygen atoms in total. The van der Waals surface area contributed by atoms with Crippen molar-refractivity contribution in [3.63, 3.8) is 0 Å². The summed E-state index contributed by atoms with van der Waals surface area (Å²) in [5, 5.41) is 22.7. The zero-order valence-electron chi connectivity index (χ0n) is 17.4. The number of phenols is 1. The second-order valence-corrected chi connectivity index (χ2v) is 7.51. The van der Waals surface area contributed by atoms with Gasteiger partial charge in [-0.25, -0.2) is 0 Å². The van der Waals surface area contributed by atoms with Gasteiger partial charge in [0, 0.05) is 44.1 Å². The highest BCUT2D eigenvalue weighted by Gasteiger charge is 2.19. The molecule has 4 rings (SSSR count). The molecule has 0 aliphatic carbocycles. The van der Waals surface area contributed by atoms with E-state index in [1.807, 2.05) is 24.3 Å². The Bertz CT molecular complexity index is 1070. The number of aromatic amines is 1. The van der Waals surface area contributed by atoms with E-state index in [0.717, 1.165) is 36.4 Å². The minimum atomic E-state index is -0.612. The van der Waals surface area contributed by atoms with Crippen molar-refractivity contribution in [1.29, 1.82) is 0 Å². The molecule has 0 unspecified atom stereocenters. The van der Waals surface area contributed by atoms with Gasteiger partial charge in [-0.15, -0.1) is 0 Å². The third-order valence-corrected chi connectivity index (χ3v) is 5.38. The number of nitrogens with zero attached hydrogens (tertiary/aromatic N) is 3. The first-order valence-corrected chi connectivity index (χ1v) is 10.2. The number of carbonyl (C=O) groups is 2. The molecule has 1 aromatic heterocycles. The van der Waals surface area contributed by atoms with E-state index >= 15 is 0 Å². The Morgan fingerprint density at radius 2 is 1.78 bits per heavy atom. The Hall–Kier alpha value is -4.21. The molecule has 0 bridgehead atoms. The number of primary amides is 1. The summed E-state index contributed by atoms with van der Waals surface area (Å²) in [4.78, 5) is 26.9. The summed E-state index contributed by atoms with van der Waals surface area (Å²) in [7, 11) is 0. The number of H-pyrrole nitrogens is 1. The van der Waals surface area contributed by atoms with Gasteiger partial charge in [-0.2, -0.15) is 5.10 Å². The lowest BCUT2D eigenvalue weighted by molar-refractivity contribution is -0.118. The van der Waals surface area contributed by atoms with Gasteiger partial charge in [0.2, 0.25) is 6.41 Å². The number of carbonyl (C=O) groups excluding carboxylic acids is 2. The van der Waals surface area contributed by atoms with E-state index in [1.54, 1.807) is 29.2 Å². The van der Waals surface area contributed by atoms with Crippen LogP contribution in [-0.2, 0) is 11.3 Å². The van der Waals surface area contributed by atoms with Crippen LogP contribution in [0.4, 0.5) is 23.0 Å². The van der Waals surface area contributed by atoms with Gasteiger partial charge in [0.15, 0.2) is 5.82 Å². The minimum Gasteiger partial charge on any atom is -0.508 e. The van der Waals surface area contributed by atoms with E-state index < -0.39 is 5.91 Å². The largest absolute Gasteiger partial charge is 0.508 e. The van der Waals surface area contributed by atoms with Crippen molar-refractivity contribution in [2.24, 2.45) is 5.73 Å². The lowest BCUT2D eigenvalue weighted by atomic mass is 10.2. The Kier molecular flexibility index (Phi) is 6.11. The van der Waals surface area contributed by atoms with Crippen LogP contribution in [0, 0.1) is 0 Å². The molecule has 0 radical (unpaired) electrons. The van der Waals surface area contributed by atoms with Gasteiger partial charge >= 0.3 is 0 Å². The number of aromatic nitrogens is 2. The predicted molar refractivity (Wildman–Crippen MR) is 122 cm³/mol. The molecule has 32 heavy (non-hydrogen) atoms. The van der Waals surface area contributed by atoms with Crippen LogP contribution in [0.15, 0.2) is 48.5 Å². The van der Waals surface area contributed by atoms with E-state index in [4.69, 9.17) is 5.73 Å². The number of piperazine rings is 1. The molecule has 0 saturated carbocycles. The van der Waals surface area contributed by atoms with Gasteiger partial charge in [0.1, 0.15) is 17.1 Å². The van der Waals surface area contributed by atoms with E-state index in [0.29, 0.717) is 31.3 Å². The third-order valence-electron chi connectivity index (χ3n) is 5.38. The van der Waals surface area contributed by atoms with Crippen molar-refractivity contribution in [1.82, 2.24) is 15.1 Å². The molecular weight excluding hydrogens is 410 g/mol. The van der Waals surface area contributed by atoms with Gasteiger partial charge in [0.05, 0.1) is 0 Å². The highest BCUT2D eigenvalue weighted by Crippen LogP contribution is 2.26. The zero-order valence-corrected chi connectivity index (χ0v) is 17.4. The zero-order chi connectivity index (χ0) is 22.5. The number of phenolic OH excluding ortho intramolecular Hbond substituents is 1. The van der Waals surface area contributed by atoms with Gasteiger partial charge in [0.25, 0.3) is 5.91 Å². The fraction of sp³-hybridized carbons (Fsp3) is 0.227. The molecule has 6 N–H and O–H groups in total. The monoisotopic (exact) mass is 435 g/mol. The maximum atomic E-state index is 12.1. The lowest BCUT2D eigenvalue weighted by Crippen LogP contribution is -2.45. The second-order valence-electron chi connectivity index (χ2n) is 7.51. The number of hydrogen-bond donors (Lipinski definition) is 5. The third kappa shape index (κ3) is 4.75.